The van der Waals surface area contributed by atoms with E-state index in [9.17, 15) is 0 Å². The minimum Gasteiger partial charge on any atom is -0.437 e. The molecule has 2 N–H and O–H groups in total. The van der Waals surface area contributed by atoms with Crippen LogP contribution in [0.2, 0.25) is 0 Å². The zero-order chi connectivity index (χ0) is 14.2. The van der Waals surface area contributed by atoms with Crippen LogP contribution in [0, 0.1) is 6.92 Å². The van der Waals surface area contributed by atoms with Gasteiger partial charge in [0.1, 0.15) is 5.75 Å². The van der Waals surface area contributed by atoms with Gasteiger partial charge in [0.15, 0.2) is 0 Å². The van der Waals surface area contributed by atoms with E-state index in [1.54, 1.807) is 18.3 Å². The molecule has 0 atom stereocenters. The Kier molecular flexibility index (Phi) is 5.46. The van der Waals surface area contributed by atoms with Crippen molar-refractivity contribution < 1.29 is 11.3 Å². The van der Waals surface area contributed by atoms with Gasteiger partial charge >= 0.3 is 0 Å². The molecule has 0 saturated carbocycles. The Balaban J connectivity index is 0.00000220. The number of aromatic nitrogens is 2. The highest BCUT2D eigenvalue weighted by molar-refractivity contribution is 5.38. The lowest BCUT2D eigenvalue weighted by Crippen LogP contribution is -2.20. The molecule has 0 amide bonds. The molecule has 0 spiro atoms. The third-order valence-electron chi connectivity index (χ3n) is 2.89. The summed E-state index contributed by atoms with van der Waals surface area (Å²) in [6.07, 6.45) is 2.50. The van der Waals surface area contributed by atoms with Crippen LogP contribution in [0.15, 0.2) is 36.5 Å². The van der Waals surface area contributed by atoms with E-state index in [0.717, 1.165) is 24.3 Å². The Bertz CT molecular complexity index is 538. The lowest BCUT2D eigenvalue weighted by molar-refractivity contribution is 0.293. The van der Waals surface area contributed by atoms with Gasteiger partial charge < -0.3 is 15.2 Å². The molecular weight excluding hydrogens is 254 g/mol. The van der Waals surface area contributed by atoms with Gasteiger partial charge in [-0.2, -0.15) is 5.10 Å². The first kappa shape index (κ1) is 14.4. The molecule has 108 valence electrons. The van der Waals surface area contributed by atoms with Crippen molar-refractivity contribution in [2.45, 2.75) is 13.3 Å². The highest BCUT2D eigenvalue weighted by Crippen LogP contribution is 2.24. The van der Waals surface area contributed by atoms with Crippen LogP contribution in [0.1, 0.15) is 12.6 Å². The van der Waals surface area contributed by atoms with E-state index in [-0.39, 0.29) is 8.03 Å². The van der Waals surface area contributed by atoms with Crippen LogP contribution in [-0.4, -0.2) is 35.0 Å². The molecule has 0 unspecified atom stereocenters. The normalized spacial score (nSPS) is 10.5. The van der Waals surface area contributed by atoms with Crippen molar-refractivity contribution in [1.29, 1.82) is 0 Å². The SMILES string of the molecule is Cc1ccc(CCNCCO)cc1Oc1cccnn1.[HH]. The second kappa shape index (κ2) is 7.57. The van der Waals surface area contributed by atoms with Crippen molar-refractivity contribution in [2.75, 3.05) is 19.7 Å². The van der Waals surface area contributed by atoms with Crippen molar-refractivity contribution in [3.05, 3.63) is 47.7 Å². The number of hydrogen-bond donors (Lipinski definition) is 2. The quantitative estimate of drug-likeness (QED) is 0.756. The largest absolute Gasteiger partial charge is 0.437 e. The van der Waals surface area contributed by atoms with E-state index in [4.69, 9.17) is 9.84 Å². The third kappa shape index (κ3) is 4.29. The van der Waals surface area contributed by atoms with Crippen molar-refractivity contribution >= 4 is 0 Å². The number of aliphatic hydroxyl groups is 1. The Labute approximate surface area is 120 Å². The van der Waals surface area contributed by atoms with Crippen LogP contribution in [0.25, 0.3) is 0 Å². The van der Waals surface area contributed by atoms with Crippen LogP contribution in [-0.2, 0) is 6.42 Å². The van der Waals surface area contributed by atoms with Crippen LogP contribution < -0.4 is 10.1 Å². The van der Waals surface area contributed by atoms with Gasteiger partial charge in [0.2, 0.25) is 5.88 Å². The maximum absolute atomic E-state index is 8.71. The predicted octanol–water partition coefficient (Wildman–Crippen LogP) is 1.95. The Hall–Kier alpha value is -1.98. The molecule has 0 aliphatic carbocycles. The van der Waals surface area contributed by atoms with E-state index in [1.165, 1.54) is 5.56 Å². The van der Waals surface area contributed by atoms with Gasteiger partial charge in [0.05, 0.1) is 6.61 Å². The lowest BCUT2D eigenvalue weighted by atomic mass is 10.1. The minimum atomic E-state index is 0. The summed E-state index contributed by atoms with van der Waals surface area (Å²) >= 11 is 0. The minimum absolute atomic E-state index is 0. The van der Waals surface area contributed by atoms with Crippen molar-refractivity contribution in [3.63, 3.8) is 0 Å². The first-order valence-corrected chi connectivity index (χ1v) is 6.66. The van der Waals surface area contributed by atoms with Gasteiger partial charge in [-0.3, -0.25) is 0 Å². The first-order valence-electron chi connectivity index (χ1n) is 6.66. The number of nitrogens with zero attached hydrogens (tertiary/aromatic N) is 2. The van der Waals surface area contributed by atoms with Crippen LogP contribution in [0.5, 0.6) is 11.6 Å². The summed E-state index contributed by atoms with van der Waals surface area (Å²) in [5.41, 5.74) is 2.24. The molecule has 1 heterocycles. The van der Waals surface area contributed by atoms with Crippen LogP contribution in [0.3, 0.4) is 0 Å². The van der Waals surface area contributed by atoms with Crippen molar-refractivity contribution in [2.24, 2.45) is 0 Å². The van der Waals surface area contributed by atoms with Gasteiger partial charge in [-0.05, 0) is 43.1 Å². The number of nitrogens with one attached hydrogen (secondary N) is 1. The second-order valence-corrected chi connectivity index (χ2v) is 4.49. The zero-order valence-electron chi connectivity index (χ0n) is 11.5. The van der Waals surface area contributed by atoms with Gasteiger partial charge in [-0.25, -0.2) is 0 Å². The summed E-state index contributed by atoms with van der Waals surface area (Å²) in [6.45, 7) is 3.61. The van der Waals surface area contributed by atoms with Crippen LogP contribution >= 0.6 is 0 Å². The maximum Gasteiger partial charge on any atom is 0.238 e. The van der Waals surface area contributed by atoms with E-state index in [2.05, 4.69) is 21.6 Å². The number of aryl methyl sites for hydroxylation is 1. The monoisotopic (exact) mass is 275 g/mol. The van der Waals surface area contributed by atoms with E-state index >= 15 is 0 Å². The highest BCUT2D eigenvalue weighted by Gasteiger charge is 2.04. The fraction of sp³-hybridized carbons (Fsp3) is 0.333. The molecule has 2 rings (SSSR count). The predicted molar refractivity (Wildman–Crippen MR) is 79.1 cm³/mol. The van der Waals surface area contributed by atoms with Gasteiger partial charge in [-0.1, -0.05) is 12.1 Å². The zero-order valence-corrected chi connectivity index (χ0v) is 11.5. The Morgan fingerprint density at radius 3 is 2.95 bits per heavy atom. The molecule has 0 radical (unpaired) electrons. The Morgan fingerprint density at radius 2 is 2.20 bits per heavy atom. The third-order valence-corrected chi connectivity index (χ3v) is 2.89. The van der Waals surface area contributed by atoms with Crippen molar-refractivity contribution in [3.8, 4) is 11.6 Å². The van der Waals surface area contributed by atoms with E-state index in [1.807, 2.05) is 19.1 Å². The molecular formula is C15H21N3O2. The molecule has 0 aliphatic heterocycles. The molecule has 2 aromatic rings. The molecule has 0 bridgehead atoms. The van der Waals surface area contributed by atoms with E-state index < -0.39 is 0 Å². The first-order chi connectivity index (χ1) is 9.79. The molecule has 5 heteroatoms. The number of ether oxygens (including phenoxy) is 1. The molecule has 5 nitrogen and oxygen atoms in total. The lowest BCUT2D eigenvalue weighted by Gasteiger charge is -2.10. The van der Waals surface area contributed by atoms with Gasteiger partial charge in [-0.15, -0.1) is 5.10 Å². The highest BCUT2D eigenvalue weighted by atomic mass is 16.5. The maximum atomic E-state index is 8.71. The molecule has 1 aromatic heterocycles. The summed E-state index contributed by atoms with van der Waals surface area (Å²) in [5.74, 6) is 1.29. The summed E-state index contributed by atoms with van der Waals surface area (Å²) in [7, 11) is 0. The smallest absolute Gasteiger partial charge is 0.238 e. The number of hydrogen-bond acceptors (Lipinski definition) is 5. The molecule has 0 fully saturated rings. The van der Waals surface area contributed by atoms with Gasteiger partial charge in [0.25, 0.3) is 0 Å². The summed E-state index contributed by atoms with van der Waals surface area (Å²) in [6, 6.07) is 9.71. The Morgan fingerprint density at radius 1 is 1.30 bits per heavy atom. The number of rotatable bonds is 7. The average molecular weight is 275 g/mol. The molecule has 0 saturated heterocycles. The number of benzene rings is 1. The molecule has 20 heavy (non-hydrogen) atoms. The van der Waals surface area contributed by atoms with Crippen LogP contribution in [0.4, 0.5) is 0 Å². The standard InChI is InChI=1S/C15H19N3O2.H2/c1-12-4-5-13(6-8-16-9-10-19)11-14(12)20-15-3-2-7-17-18-15;/h2-5,7,11,16,19H,6,8-10H2,1H3;1H. The molecule has 1 aromatic carbocycles. The average Bonchev–Trinajstić information content (AvgIpc) is 2.48. The fourth-order valence-electron chi connectivity index (χ4n) is 1.80. The fourth-order valence-corrected chi connectivity index (χ4v) is 1.80. The topological polar surface area (TPSA) is 67.3 Å². The van der Waals surface area contributed by atoms with E-state index in [0.29, 0.717) is 12.4 Å². The molecule has 0 aliphatic rings. The second-order valence-electron chi connectivity index (χ2n) is 4.49. The summed E-state index contributed by atoms with van der Waals surface area (Å²) < 4.78 is 5.74. The van der Waals surface area contributed by atoms with Crippen molar-refractivity contribution in [1.82, 2.24) is 15.5 Å². The summed E-state index contributed by atoms with van der Waals surface area (Å²) in [5, 5.41) is 19.6. The summed E-state index contributed by atoms with van der Waals surface area (Å²) in [4.78, 5) is 0. The number of aliphatic hydroxyl groups excluding tert-OH is 1. The van der Waals surface area contributed by atoms with Gasteiger partial charge in [0, 0.05) is 20.2 Å².